The quantitative estimate of drug-likeness (QED) is 0.633. The fourth-order valence-corrected chi connectivity index (χ4v) is 3.78. The van der Waals surface area contributed by atoms with Crippen LogP contribution in [0.15, 0.2) is 42.5 Å². The highest BCUT2D eigenvalue weighted by molar-refractivity contribution is 5.92. The standard InChI is InChI=1S/C23H28N6O2/c1-3-17-6-5-7-18(4-2)22(17)24-21(30)16-29-26-23(25-27-29)19-8-10-20(11-9-19)28-12-14-31-15-13-28/h5-11H,3-4,12-16H2,1-2H3,(H,24,30). The number of nitrogens with zero attached hydrogens (tertiary/aromatic N) is 5. The number of nitrogens with one attached hydrogen (secondary N) is 1. The number of morpholine rings is 1. The van der Waals surface area contributed by atoms with Crippen LogP contribution in [0.5, 0.6) is 0 Å². The molecule has 0 atom stereocenters. The molecule has 8 nitrogen and oxygen atoms in total. The molecular weight excluding hydrogens is 392 g/mol. The van der Waals surface area contributed by atoms with E-state index < -0.39 is 0 Å². The van der Waals surface area contributed by atoms with Gasteiger partial charge in [-0.05, 0) is 53.4 Å². The van der Waals surface area contributed by atoms with Crippen molar-refractivity contribution in [1.82, 2.24) is 20.2 Å². The van der Waals surface area contributed by atoms with Gasteiger partial charge in [0.1, 0.15) is 6.54 Å². The number of carbonyl (C=O) groups excluding carboxylic acids is 1. The fraction of sp³-hybridized carbons (Fsp3) is 0.391. The number of anilines is 2. The summed E-state index contributed by atoms with van der Waals surface area (Å²) >= 11 is 0. The lowest BCUT2D eigenvalue weighted by Crippen LogP contribution is -2.36. The largest absolute Gasteiger partial charge is 0.378 e. The lowest BCUT2D eigenvalue weighted by Gasteiger charge is -2.28. The van der Waals surface area contributed by atoms with Gasteiger partial charge in [0.15, 0.2) is 0 Å². The minimum Gasteiger partial charge on any atom is -0.378 e. The van der Waals surface area contributed by atoms with Gasteiger partial charge in [0, 0.05) is 30.0 Å². The van der Waals surface area contributed by atoms with Crippen LogP contribution in [0.2, 0.25) is 0 Å². The van der Waals surface area contributed by atoms with Crippen molar-refractivity contribution in [2.24, 2.45) is 0 Å². The zero-order valence-corrected chi connectivity index (χ0v) is 18.0. The van der Waals surface area contributed by atoms with Gasteiger partial charge in [-0.2, -0.15) is 4.80 Å². The number of hydrogen-bond donors (Lipinski definition) is 1. The Morgan fingerprint density at radius 3 is 2.35 bits per heavy atom. The number of carbonyl (C=O) groups is 1. The summed E-state index contributed by atoms with van der Waals surface area (Å²) in [6.45, 7) is 7.47. The predicted molar refractivity (Wildman–Crippen MR) is 120 cm³/mol. The number of para-hydroxylation sites is 1. The van der Waals surface area contributed by atoms with Crippen LogP contribution in [-0.2, 0) is 28.9 Å². The van der Waals surface area contributed by atoms with E-state index in [2.05, 4.69) is 51.6 Å². The van der Waals surface area contributed by atoms with E-state index in [1.807, 2.05) is 30.3 Å². The molecule has 0 unspecified atom stereocenters. The second kappa shape index (κ2) is 9.70. The average Bonchev–Trinajstić information content (AvgIpc) is 3.28. The van der Waals surface area contributed by atoms with Crippen molar-refractivity contribution in [3.8, 4) is 11.4 Å². The summed E-state index contributed by atoms with van der Waals surface area (Å²) in [6.07, 6.45) is 1.71. The Morgan fingerprint density at radius 1 is 1.03 bits per heavy atom. The summed E-state index contributed by atoms with van der Waals surface area (Å²) in [4.78, 5) is 16.3. The number of benzene rings is 2. The maximum atomic E-state index is 12.6. The monoisotopic (exact) mass is 420 g/mol. The third kappa shape index (κ3) is 4.91. The number of rotatable bonds is 7. The van der Waals surface area contributed by atoms with Gasteiger partial charge in [-0.1, -0.05) is 32.0 Å². The number of hydrogen-bond acceptors (Lipinski definition) is 6. The molecule has 1 saturated heterocycles. The molecule has 31 heavy (non-hydrogen) atoms. The molecule has 0 radical (unpaired) electrons. The first-order valence-corrected chi connectivity index (χ1v) is 10.8. The molecule has 0 bridgehead atoms. The predicted octanol–water partition coefficient (Wildman–Crippen LogP) is 2.94. The summed E-state index contributed by atoms with van der Waals surface area (Å²) in [6, 6.07) is 14.2. The minimum atomic E-state index is -0.165. The molecule has 162 valence electrons. The number of aryl methyl sites for hydroxylation is 2. The molecule has 1 amide bonds. The van der Waals surface area contributed by atoms with Crippen molar-refractivity contribution in [1.29, 1.82) is 0 Å². The second-order valence-corrected chi connectivity index (χ2v) is 7.50. The maximum absolute atomic E-state index is 12.6. The summed E-state index contributed by atoms with van der Waals surface area (Å²) in [5.74, 6) is 0.340. The smallest absolute Gasteiger partial charge is 0.248 e. The molecule has 0 spiro atoms. The minimum absolute atomic E-state index is 0.0140. The number of amides is 1. The first kappa shape index (κ1) is 21.0. The van der Waals surface area contributed by atoms with E-state index in [0.717, 1.165) is 67.2 Å². The zero-order chi connectivity index (χ0) is 21.6. The van der Waals surface area contributed by atoms with Crippen LogP contribution in [0.25, 0.3) is 11.4 Å². The van der Waals surface area contributed by atoms with E-state index in [9.17, 15) is 4.79 Å². The van der Waals surface area contributed by atoms with E-state index in [0.29, 0.717) is 5.82 Å². The molecule has 4 rings (SSSR count). The molecule has 1 fully saturated rings. The molecule has 2 aromatic carbocycles. The van der Waals surface area contributed by atoms with Gasteiger partial charge in [-0.3, -0.25) is 4.79 Å². The van der Waals surface area contributed by atoms with Gasteiger partial charge in [0.2, 0.25) is 11.7 Å². The Labute approximate surface area is 182 Å². The van der Waals surface area contributed by atoms with Gasteiger partial charge < -0.3 is 15.0 Å². The molecule has 0 aliphatic carbocycles. The van der Waals surface area contributed by atoms with Crippen molar-refractivity contribution < 1.29 is 9.53 Å². The molecule has 1 N–H and O–H groups in total. The Morgan fingerprint density at radius 2 is 1.71 bits per heavy atom. The van der Waals surface area contributed by atoms with Crippen molar-refractivity contribution in [2.75, 3.05) is 36.5 Å². The van der Waals surface area contributed by atoms with E-state index in [-0.39, 0.29) is 12.5 Å². The molecule has 2 heterocycles. The number of aromatic nitrogens is 4. The van der Waals surface area contributed by atoms with Gasteiger partial charge >= 0.3 is 0 Å². The van der Waals surface area contributed by atoms with Gasteiger partial charge in [0.25, 0.3) is 0 Å². The average molecular weight is 421 g/mol. The van der Waals surface area contributed by atoms with Crippen molar-refractivity contribution in [3.05, 3.63) is 53.6 Å². The summed E-state index contributed by atoms with van der Waals surface area (Å²) < 4.78 is 5.41. The van der Waals surface area contributed by atoms with Crippen molar-refractivity contribution in [2.45, 2.75) is 33.2 Å². The lowest BCUT2D eigenvalue weighted by molar-refractivity contribution is -0.117. The van der Waals surface area contributed by atoms with Crippen LogP contribution >= 0.6 is 0 Å². The first-order chi connectivity index (χ1) is 15.2. The SMILES string of the molecule is CCc1cccc(CC)c1NC(=O)Cn1nnc(-c2ccc(N3CCOCC3)cc2)n1. The Bertz CT molecular complexity index is 1000. The molecule has 8 heteroatoms. The van der Waals surface area contributed by atoms with Crippen molar-refractivity contribution in [3.63, 3.8) is 0 Å². The van der Waals surface area contributed by atoms with Crippen LogP contribution in [-0.4, -0.2) is 52.4 Å². The summed E-state index contributed by atoms with van der Waals surface area (Å²) in [5, 5.41) is 15.6. The van der Waals surface area contributed by atoms with Gasteiger partial charge in [-0.15, -0.1) is 10.2 Å². The van der Waals surface area contributed by atoms with E-state index in [4.69, 9.17) is 4.74 Å². The summed E-state index contributed by atoms with van der Waals surface area (Å²) in [7, 11) is 0. The molecule has 1 aliphatic rings. The second-order valence-electron chi connectivity index (χ2n) is 7.50. The molecule has 0 saturated carbocycles. The van der Waals surface area contributed by atoms with Gasteiger partial charge in [0.05, 0.1) is 13.2 Å². The Kier molecular flexibility index (Phi) is 6.57. The van der Waals surface area contributed by atoms with Crippen LogP contribution in [0, 0.1) is 0 Å². The first-order valence-electron chi connectivity index (χ1n) is 10.8. The fourth-order valence-electron chi connectivity index (χ4n) is 3.78. The van der Waals surface area contributed by atoms with E-state index in [1.165, 1.54) is 4.80 Å². The topological polar surface area (TPSA) is 85.2 Å². The van der Waals surface area contributed by atoms with Crippen molar-refractivity contribution >= 4 is 17.3 Å². The maximum Gasteiger partial charge on any atom is 0.248 e. The highest BCUT2D eigenvalue weighted by Crippen LogP contribution is 2.23. The van der Waals surface area contributed by atoms with Gasteiger partial charge in [-0.25, -0.2) is 0 Å². The highest BCUT2D eigenvalue weighted by Gasteiger charge is 2.14. The van der Waals surface area contributed by atoms with Crippen LogP contribution in [0.1, 0.15) is 25.0 Å². The molecule has 3 aromatic rings. The van der Waals surface area contributed by atoms with E-state index in [1.54, 1.807) is 0 Å². The third-order valence-corrected chi connectivity index (χ3v) is 5.50. The molecule has 1 aromatic heterocycles. The van der Waals surface area contributed by atoms with Crippen LogP contribution in [0.4, 0.5) is 11.4 Å². The normalized spacial score (nSPS) is 13.9. The number of ether oxygens (including phenoxy) is 1. The molecule has 1 aliphatic heterocycles. The van der Waals surface area contributed by atoms with E-state index >= 15 is 0 Å². The highest BCUT2D eigenvalue weighted by atomic mass is 16.5. The molecular formula is C23H28N6O2. The third-order valence-electron chi connectivity index (χ3n) is 5.50. The lowest BCUT2D eigenvalue weighted by atomic mass is 10.0. The van der Waals surface area contributed by atoms with Crippen LogP contribution in [0.3, 0.4) is 0 Å². The summed E-state index contributed by atoms with van der Waals surface area (Å²) in [5.41, 5.74) is 5.17. The zero-order valence-electron chi connectivity index (χ0n) is 18.0. The van der Waals surface area contributed by atoms with Crippen LogP contribution < -0.4 is 10.2 Å². The Balaban J connectivity index is 1.42. The Hall–Kier alpha value is -3.26. The number of tetrazole rings is 1.